The van der Waals surface area contributed by atoms with Crippen molar-refractivity contribution in [1.82, 2.24) is 0 Å². The Morgan fingerprint density at radius 3 is 2.58 bits per heavy atom. The molecule has 1 heterocycles. The molecule has 0 bridgehead atoms. The van der Waals surface area contributed by atoms with Crippen LogP contribution in [0.25, 0.3) is 0 Å². The lowest BCUT2D eigenvalue weighted by molar-refractivity contribution is -0.384. The van der Waals surface area contributed by atoms with E-state index < -0.39 is 16.8 Å². The van der Waals surface area contributed by atoms with E-state index in [1.807, 2.05) is 0 Å². The first-order chi connectivity index (χ1) is 12.5. The third kappa shape index (κ3) is 3.64. The maximum Gasteiger partial charge on any atom is 0.316 e. The molecule has 0 aromatic heterocycles. The molecule has 0 aliphatic carbocycles. The number of hydrogen-bond acceptors (Lipinski definition) is 6. The van der Waals surface area contributed by atoms with Crippen molar-refractivity contribution in [2.75, 3.05) is 18.6 Å². The van der Waals surface area contributed by atoms with Gasteiger partial charge in [-0.1, -0.05) is 6.07 Å². The number of hydrogen-bond donors (Lipinski definition) is 0. The van der Waals surface area contributed by atoms with E-state index in [2.05, 4.69) is 0 Å². The molecule has 3 rings (SSSR count). The first-order valence-electron chi connectivity index (χ1n) is 7.88. The van der Waals surface area contributed by atoms with E-state index in [1.165, 1.54) is 36.3 Å². The van der Waals surface area contributed by atoms with E-state index >= 15 is 0 Å². The largest absolute Gasteiger partial charge is 0.497 e. The molecular formula is C18H16N2O6. The summed E-state index contributed by atoms with van der Waals surface area (Å²) in [5, 5.41) is 10.6. The van der Waals surface area contributed by atoms with Crippen molar-refractivity contribution in [3.8, 4) is 11.5 Å². The number of rotatable bonds is 5. The number of benzene rings is 2. The summed E-state index contributed by atoms with van der Waals surface area (Å²) in [5.74, 6) is -0.509. The van der Waals surface area contributed by atoms with Crippen molar-refractivity contribution in [2.24, 2.45) is 5.92 Å². The standard InChI is InChI=1S/C18H16N2O6/c1-25-16-4-2-3-14(10-16)19-11-12(9-17(19)21)18(22)26-15-7-5-13(6-8-15)20(23)24/h2-8,10,12H,9,11H2,1H3/t12-/m0/s1. The molecule has 26 heavy (non-hydrogen) atoms. The molecule has 8 heteroatoms. The molecule has 0 radical (unpaired) electrons. The highest BCUT2D eigenvalue weighted by Crippen LogP contribution is 2.29. The summed E-state index contributed by atoms with van der Waals surface area (Å²) >= 11 is 0. The summed E-state index contributed by atoms with van der Waals surface area (Å²) in [6.45, 7) is 0.206. The minimum atomic E-state index is -0.608. The van der Waals surface area contributed by atoms with Gasteiger partial charge in [0.15, 0.2) is 0 Å². The summed E-state index contributed by atoms with van der Waals surface area (Å²) in [5.41, 5.74) is 0.560. The van der Waals surface area contributed by atoms with Gasteiger partial charge in [0.25, 0.3) is 5.69 Å². The highest BCUT2D eigenvalue weighted by Gasteiger charge is 2.36. The zero-order chi connectivity index (χ0) is 18.7. The van der Waals surface area contributed by atoms with Crippen molar-refractivity contribution in [3.05, 3.63) is 58.6 Å². The van der Waals surface area contributed by atoms with Gasteiger partial charge in [0.1, 0.15) is 11.5 Å². The molecule has 0 saturated carbocycles. The Morgan fingerprint density at radius 2 is 1.92 bits per heavy atom. The van der Waals surface area contributed by atoms with E-state index in [-0.39, 0.29) is 30.3 Å². The second-order valence-electron chi connectivity index (χ2n) is 5.78. The lowest BCUT2D eigenvalue weighted by Crippen LogP contribution is -2.27. The maximum atomic E-state index is 12.3. The van der Waals surface area contributed by atoms with Gasteiger partial charge in [-0.05, 0) is 24.3 Å². The maximum absolute atomic E-state index is 12.3. The zero-order valence-corrected chi connectivity index (χ0v) is 14.0. The molecule has 2 aromatic rings. The molecule has 2 aromatic carbocycles. The van der Waals surface area contributed by atoms with Gasteiger partial charge in [-0.3, -0.25) is 19.7 Å². The van der Waals surface area contributed by atoms with Crippen molar-refractivity contribution < 1.29 is 24.0 Å². The number of carbonyl (C=O) groups excluding carboxylic acids is 2. The predicted molar refractivity (Wildman–Crippen MR) is 92.2 cm³/mol. The molecule has 8 nitrogen and oxygen atoms in total. The average Bonchev–Trinajstić information content (AvgIpc) is 3.04. The fraction of sp³-hybridized carbons (Fsp3) is 0.222. The number of nitro groups is 1. The number of nitrogens with zero attached hydrogens (tertiary/aromatic N) is 2. The van der Waals surface area contributed by atoms with Crippen LogP contribution >= 0.6 is 0 Å². The van der Waals surface area contributed by atoms with Crippen molar-refractivity contribution >= 4 is 23.3 Å². The lowest BCUT2D eigenvalue weighted by atomic mass is 10.1. The van der Waals surface area contributed by atoms with E-state index in [1.54, 1.807) is 24.3 Å². The molecule has 1 saturated heterocycles. The van der Waals surface area contributed by atoms with Crippen LogP contribution in [0.4, 0.5) is 11.4 Å². The number of carbonyl (C=O) groups is 2. The number of non-ortho nitro benzene ring substituents is 1. The highest BCUT2D eigenvalue weighted by atomic mass is 16.6. The van der Waals surface area contributed by atoms with Crippen molar-refractivity contribution in [2.45, 2.75) is 6.42 Å². The molecule has 134 valence electrons. The first kappa shape index (κ1) is 17.4. The highest BCUT2D eigenvalue weighted by molar-refractivity contribution is 5.99. The fourth-order valence-electron chi connectivity index (χ4n) is 2.73. The SMILES string of the molecule is COc1cccc(N2C[C@@H](C(=O)Oc3ccc([N+](=O)[O-])cc3)CC2=O)c1. The Hall–Kier alpha value is -3.42. The smallest absolute Gasteiger partial charge is 0.316 e. The van der Waals surface area contributed by atoms with Crippen LogP contribution in [0.15, 0.2) is 48.5 Å². The van der Waals surface area contributed by atoms with Crippen molar-refractivity contribution in [3.63, 3.8) is 0 Å². The summed E-state index contributed by atoms with van der Waals surface area (Å²) in [6.07, 6.45) is 0.0447. The van der Waals surface area contributed by atoms with E-state index in [0.29, 0.717) is 11.4 Å². The zero-order valence-electron chi connectivity index (χ0n) is 14.0. The van der Waals surface area contributed by atoms with Crippen LogP contribution in [-0.4, -0.2) is 30.5 Å². The summed E-state index contributed by atoms with van der Waals surface area (Å²) in [7, 11) is 1.54. The molecule has 0 spiro atoms. The molecule has 1 aliphatic heterocycles. The minimum Gasteiger partial charge on any atom is -0.497 e. The molecule has 0 unspecified atom stereocenters. The van der Waals surface area contributed by atoms with Gasteiger partial charge < -0.3 is 14.4 Å². The summed E-state index contributed by atoms with van der Waals surface area (Å²) in [4.78, 5) is 36.2. The van der Waals surface area contributed by atoms with Gasteiger partial charge in [-0.2, -0.15) is 0 Å². The fourth-order valence-corrected chi connectivity index (χ4v) is 2.73. The second kappa shape index (κ2) is 7.22. The van der Waals surface area contributed by atoms with Crippen LogP contribution in [0.1, 0.15) is 6.42 Å². The lowest BCUT2D eigenvalue weighted by Gasteiger charge is -2.17. The molecule has 0 N–H and O–H groups in total. The van der Waals surface area contributed by atoms with Gasteiger partial charge in [0.05, 0.1) is 18.0 Å². The van der Waals surface area contributed by atoms with Crippen LogP contribution in [0, 0.1) is 16.0 Å². The summed E-state index contributed by atoms with van der Waals surface area (Å²) < 4.78 is 10.4. The van der Waals surface area contributed by atoms with Crippen LogP contribution in [0.5, 0.6) is 11.5 Å². The van der Waals surface area contributed by atoms with Gasteiger partial charge >= 0.3 is 5.97 Å². The Bertz CT molecular complexity index is 849. The molecule has 1 atom stereocenters. The Labute approximate surface area is 149 Å². The number of esters is 1. The third-order valence-corrected chi connectivity index (χ3v) is 4.09. The third-order valence-electron chi connectivity index (χ3n) is 4.09. The molecule has 1 aliphatic rings. The van der Waals surface area contributed by atoms with Gasteiger partial charge in [0, 0.05) is 36.9 Å². The molecule has 1 fully saturated rings. The average molecular weight is 356 g/mol. The van der Waals surface area contributed by atoms with Crippen LogP contribution in [0.2, 0.25) is 0 Å². The van der Waals surface area contributed by atoms with Crippen molar-refractivity contribution in [1.29, 1.82) is 0 Å². The number of ether oxygens (including phenoxy) is 2. The number of methoxy groups -OCH3 is 1. The topological polar surface area (TPSA) is 99.0 Å². The van der Waals surface area contributed by atoms with Gasteiger partial charge in [-0.25, -0.2) is 0 Å². The Kier molecular flexibility index (Phi) is 4.83. The van der Waals surface area contributed by atoms with Crippen LogP contribution < -0.4 is 14.4 Å². The predicted octanol–water partition coefficient (Wildman–Crippen LogP) is 2.56. The minimum absolute atomic E-state index is 0.0447. The van der Waals surface area contributed by atoms with Gasteiger partial charge in [0.2, 0.25) is 5.91 Å². The van der Waals surface area contributed by atoms with Gasteiger partial charge in [-0.15, -0.1) is 0 Å². The van der Waals surface area contributed by atoms with E-state index in [4.69, 9.17) is 9.47 Å². The first-order valence-corrected chi connectivity index (χ1v) is 7.88. The van der Waals surface area contributed by atoms with Crippen LogP contribution in [-0.2, 0) is 9.59 Å². The van der Waals surface area contributed by atoms with Crippen LogP contribution in [0.3, 0.4) is 0 Å². The van der Waals surface area contributed by atoms with E-state index in [0.717, 1.165) is 0 Å². The Balaban J connectivity index is 1.67. The normalized spacial score (nSPS) is 16.4. The monoisotopic (exact) mass is 356 g/mol. The molecular weight excluding hydrogens is 340 g/mol. The number of anilines is 1. The second-order valence-corrected chi connectivity index (χ2v) is 5.78. The Morgan fingerprint density at radius 1 is 1.19 bits per heavy atom. The molecule has 1 amide bonds. The number of nitro benzene ring substituents is 1. The quantitative estimate of drug-likeness (QED) is 0.353. The summed E-state index contributed by atoms with van der Waals surface area (Å²) in [6, 6.07) is 12.2. The number of amides is 1. The van der Waals surface area contributed by atoms with E-state index in [9.17, 15) is 19.7 Å².